The zero-order valence-electron chi connectivity index (χ0n) is 15.9. The first-order valence-corrected chi connectivity index (χ1v) is 9.70. The van der Waals surface area contributed by atoms with Gasteiger partial charge in [-0.25, -0.2) is 4.98 Å². The van der Waals surface area contributed by atoms with Gasteiger partial charge in [0.15, 0.2) is 0 Å². The fraction of sp³-hybridized carbons (Fsp3) is 0.273. The Kier molecular flexibility index (Phi) is 5.39. The summed E-state index contributed by atoms with van der Waals surface area (Å²) in [7, 11) is 0. The summed E-state index contributed by atoms with van der Waals surface area (Å²) in [4.78, 5) is 10.2. The summed E-state index contributed by atoms with van der Waals surface area (Å²) in [6.07, 6.45) is 8.71. The van der Waals surface area contributed by atoms with Crippen LogP contribution in [0.15, 0.2) is 55.0 Å². The van der Waals surface area contributed by atoms with E-state index in [0.717, 1.165) is 54.8 Å². The van der Waals surface area contributed by atoms with Crippen LogP contribution in [0.3, 0.4) is 0 Å². The molecule has 2 aromatic heterocycles. The molecular weight excluding hydrogens is 348 g/mol. The Bertz CT molecular complexity index is 975. The number of hydrogen-bond acceptors (Lipinski definition) is 5. The summed E-state index contributed by atoms with van der Waals surface area (Å²) in [6.45, 7) is 3.06. The number of allylic oxidation sites excluding steroid dienone is 1. The number of pyridine rings is 1. The maximum Gasteiger partial charge on any atom is 0.139 e. The third-order valence-corrected chi connectivity index (χ3v) is 5.34. The van der Waals surface area contributed by atoms with Crippen LogP contribution in [0.1, 0.15) is 24.0 Å². The number of rotatable bonds is 6. The van der Waals surface area contributed by atoms with E-state index in [-0.39, 0.29) is 0 Å². The van der Waals surface area contributed by atoms with Crippen LogP contribution < -0.4 is 11.1 Å². The zero-order chi connectivity index (χ0) is 19.3. The van der Waals surface area contributed by atoms with Crippen molar-refractivity contribution >= 4 is 28.5 Å². The number of nitrogens with one attached hydrogen (secondary N) is 3. The van der Waals surface area contributed by atoms with Crippen molar-refractivity contribution in [1.82, 2.24) is 14.9 Å². The highest BCUT2D eigenvalue weighted by Crippen LogP contribution is 2.31. The molecule has 3 heterocycles. The summed E-state index contributed by atoms with van der Waals surface area (Å²) in [6, 6.07) is 13.0. The molecule has 28 heavy (non-hydrogen) atoms. The van der Waals surface area contributed by atoms with E-state index >= 15 is 0 Å². The molecule has 0 aliphatic carbocycles. The molecule has 4 rings (SSSR count). The average Bonchev–Trinajstić information content (AvgIpc) is 3.21. The Morgan fingerprint density at radius 2 is 2.18 bits per heavy atom. The largest absolute Gasteiger partial charge is 0.404 e. The van der Waals surface area contributed by atoms with Gasteiger partial charge < -0.3 is 21.4 Å². The second-order valence-corrected chi connectivity index (χ2v) is 7.26. The fourth-order valence-corrected chi connectivity index (χ4v) is 3.96. The number of likely N-dealkylation sites (tertiary alicyclic amines) is 1. The second-order valence-electron chi connectivity index (χ2n) is 7.26. The van der Waals surface area contributed by atoms with Crippen molar-refractivity contribution in [2.24, 2.45) is 5.73 Å². The molecular formula is C22H26N6. The van der Waals surface area contributed by atoms with Crippen molar-refractivity contribution in [3.8, 4) is 0 Å². The van der Waals surface area contributed by atoms with Crippen LogP contribution in [-0.2, 0) is 6.54 Å². The first-order valence-electron chi connectivity index (χ1n) is 9.70. The lowest BCUT2D eigenvalue weighted by molar-refractivity contribution is 0.208. The Morgan fingerprint density at radius 1 is 1.32 bits per heavy atom. The van der Waals surface area contributed by atoms with Crippen molar-refractivity contribution in [2.45, 2.75) is 25.4 Å². The summed E-state index contributed by atoms with van der Waals surface area (Å²) < 4.78 is 0. The quantitative estimate of drug-likeness (QED) is 0.496. The first-order chi connectivity index (χ1) is 13.8. The van der Waals surface area contributed by atoms with Gasteiger partial charge in [-0.3, -0.25) is 4.90 Å². The van der Waals surface area contributed by atoms with Gasteiger partial charge in [-0.1, -0.05) is 30.3 Å². The van der Waals surface area contributed by atoms with Gasteiger partial charge >= 0.3 is 0 Å². The van der Waals surface area contributed by atoms with E-state index in [1.54, 1.807) is 6.20 Å². The number of aromatic amines is 1. The van der Waals surface area contributed by atoms with Crippen molar-refractivity contribution in [1.29, 1.82) is 5.41 Å². The Labute approximate surface area is 165 Å². The predicted molar refractivity (Wildman–Crippen MR) is 115 cm³/mol. The number of aromatic nitrogens is 2. The SMILES string of the molecule is N=C/C(=C\N)c1cnc2[nH]ccc2c1N[C@H]1CCCN(Cc2ccccc2)C1. The molecule has 0 unspecified atom stereocenters. The molecule has 1 atom stereocenters. The molecule has 1 aliphatic heterocycles. The van der Waals surface area contributed by atoms with E-state index in [1.165, 1.54) is 18.0 Å². The van der Waals surface area contributed by atoms with Gasteiger partial charge in [0.1, 0.15) is 5.65 Å². The van der Waals surface area contributed by atoms with Crippen molar-refractivity contribution in [2.75, 3.05) is 18.4 Å². The first kappa shape index (κ1) is 18.3. The van der Waals surface area contributed by atoms with Crippen molar-refractivity contribution < 1.29 is 0 Å². The smallest absolute Gasteiger partial charge is 0.139 e. The molecule has 1 saturated heterocycles. The molecule has 1 aliphatic rings. The van der Waals surface area contributed by atoms with Crippen molar-refractivity contribution in [3.63, 3.8) is 0 Å². The minimum absolute atomic E-state index is 0.335. The molecule has 6 heteroatoms. The van der Waals surface area contributed by atoms with Gasteiger partial charge in [0.2, 0.25) is 0 Å². The normalized spacial score (nSPS) is 18.3. The number of nitrogens with zero attached hydrogens (tertiary/aromatic N) is 2. The minimum atomic E-state index is 0.335. The van der Waals surface area contributed by atoms with Crippen LogP contribution in [0.25, 0.3) is 16.6 Å². The molecule has 1 aromatic carbocycles. The number of benzene rings is 1. The van der Waals surface area contributed by atoms with Gasteiger partial charge in [-0.15, -0.1) is 0 Å². The van der Waals surface area contributed by atoms with E-state index in [4.69, 9.17) is 11.1 Å². The van der Waals surface area contributed by atoms with Gasteiger partial charge in [-0.05, 0) is 31.0 Å². The van der Waals surface area contributed by atoms with Crippen LogP contribution in [0, 0.1) is 5.41 Å². The lowest BCUT2D eigenvalue weighted by atomic mass is 10.0. The van der Waals surface area contributed by atoms with Crippen LogP contribution in [0.2, 0.25) is 0 Å². The molecule has 144 valence electrons. The van der Waals surface area contributed by atoms with E-state index in [9.17, 15) is 0 Å². The predicted octanol–water partition coefficient (Wildman–Crippen LogP) is 3.59. The van der Waals surface area contributed by atoms with Gasteiger partial charge in [-0.2, -0.15) is 0 Å². The fourth-order valence-electron chi connectivity index (χ4n) is 3.96. The second kappa shape index (κ2) is 8.27. The van der Waals surface area contributed by atoms with Crippen LogP contribution >= 0.6 is 0 Å². The topological polar surface area (TPSA) is 93.8 Å². The summed E-state index contributed by atoms with van der Waals surface area (Å²) in [5.41, 5.74) is 10.5. The highest BCUT2D eigenvalue weighted by Gasteiger charge is 2.22. The molecule has 0 bridgehead atoms. The number of H-pyrrole nitrogens is 1. The Hall–Kier alpha value is -3.12. The summed E-state index contributed by atoms with van der Waals surface area (Å²) >= 11 is 0. The molecule has 0 spiro atoms. The summed E-state index contributed by atoms with van der Waals surface area (Å²) in [5.74, 6) is 0. The van der Waals surface area contributed by atoms with Gasteiger partial charge in [0.05, 0.1) is 5.69 Å². The lowest BCUT2D eigenvalue weighted by Gasteiger charge is -2.34. The zero-order valence-corrected chi connectivity index (χ0v) is 15.9. The molecule has 1 fully saturated rings. The van der Waals surface area contributed by atoms with E-state index < -0.39 is 0 Å². The van der Waals surface area contributed by atoms with Crippen LogP contribution in [0.5, 0.6) is 0 Å². The third-order valence-electron chi connectivity index (χ3n) is 5.34. The Balaban J connectivity index is 1.57. The average molecular weight is 374 g/mol. The number of nitrogens with two attached hydrogens (primary N) is 1. The standard InChI is InChI=1S/C22H26N6/c23-11-17(12-24)20-13-26-22-19(8-9-25-22)21(20)27-18-7-4-10-28(15-18)14-16-5-2-1-3-6-16/h1-3,5-6,8-9,11-13,18,23H,4,7,10,14-15,24H2,(H2,25,26,27)/b17-12+,23-11?/t18-/m0/s1. The molecule has 0 saturated carbocycles. The van der Waals surface area contributed by atoms with Gasteiger partial charge in [0, 0.05) is 60.5 Å². The summed E-state index contributed by atoms with van der Waals surface area (Å²) in [5, 5.41) is 12.5. The molecule has 5 N–H and O–H groups in total. The molecule has 0 radical (unpaired) electrons. The van der Waals surface area contributed by atoms with Crippen LogP contribution in [-0.4, -0.2) is 40.2 Å². The van der Waals surface area contributed by atoms with E-state index in [1.807, 2.05) is 12.3 Å². The highest BCUT2D eigenvalue weighted by atomic mass is 15.2. The van der Waals surface area contributed by atoms with Crippen LogP contribution in [0.4, 0.5) is 5.69 Å². The number of fused-ring (bicyclic) bond motifs is 1. The molecule has 0 amide bonds. The minimum Gasteiger partial charge on any atom is -0.404 e. The third kappa shape index (κ3) is 3.77. The van der Waals surface area contributed by atoms with E-state index in [0.29, 0.717) is 11.6 Å². The Morgan fingerprint density at radius 3 is 2.96 bits per heavy atom. The van der Waals surface area contributed by atoms with Crippen molar-refractivity contribution in [3.05, 3.63) is 66.1 Å². The van der Waals surface area contributed by atoms with Gasteiger partial charge in [0.25, 0.3) is 0 Å². The maximum absolute atomic E-state index is 7.70. The number of piperidine rings is 1. The molecule has 6 nitrogen and oxygen atoms in total. The highest BCUT2D eigenvalue weighted by molar-refractivity contribution is 6.13. The lowest BCUT2D eigenvalue weighted by Crippen LogP contribution is -2.41. The number of anilines is 1. The molecule has 3 aromatic rings. The monoisotopic (exact) mass is 374 g/mol. The number of hydrogen-bond donors (Lipinski definition) is 4. The maximum atomic E-state index is 7.70. The van der Waals surface area contributed by atoms with E-state index in [2.05, 4.69) is 50.5 Å².